The summed E-state index contributed by atoms with van der Waals surface area (Å²) in [4.78, 5) is 30.6. The fraction of sp³-hybridized carbons (Fsp3) is 0.273. The van der Waals surface area contributed by atoms with Crippen LogP contribution >= 0.6 is 0 Å². The first kappa shape index (κ1) is 16.6. The lowest BCUT2D eigenvalue weighted by atomic mass is 9.92. The average molecular weight is 346 g/mol. The van der Waals surface area contributed by atoms with E-state index in [0.717, 1.165) is 24.8 Å². The summed E-state index contributed by atoms with van der Waals surface area (Å²) < 4.78 is 0. The molecule has 3 aromatic rings. The molecule has 4 nitrogen and oxygen atoms in total. The second-order valence-electron chi connectivity index (χ2n) is 6.91. The Hall–Kier alpha value is -2.88. The first-order valence-corrected chi connectivity index (χ1v) is 9.18. The number of carbonyl (C=O) groups is 1. The van der Waals surface area contributed by atoms with Crippen LogP contribution in [-0.2, 0) is 0 Å². The average Bonchev–Trinajstić information content (AvgIpc) is 2.95. The Morgan fingerprint density at radius 3 is 2.58 bits per heavy atom. The van der Waals surface area contributed by atoms with Crippen LogP contribution in [0.4, 0.5) is 0 Å². The Kier molecular flexibility index (Phi) is 4.57. The number of nitrogens with zero attached hydrogens (tertiary/aromatic N) is 1. The molecule has 132 valence electrons. The number of hydrogen-bond donors (Lipinski definition) is 1. The van der Waals surface area contributed by atoms with Gasteiger partial charge in [-0.05, 0) is 42.9 Å². The summed E-state index contributed by atoms with van der Waals surface area (Å²) in [5, 5.41) is 0.565. The van der Waals surface area contributed by atoms with Crippen LogP contribution in [0.1, 0.15) is 41.1 Å². The van der Waals surface area contributed by atoms with E-state index in [2.05, 4.69) is 29.2 Å². The second kappa shape index (κ2) is 7.16. The smallest absolute Gasteiger partial charge is 0.259 e. The zero-order valence-electron chi connectivity index (χ0n) is 14.7. The number of amides is 1. The number of benzene rings is 2. The molecular formula is C22H22N2O2. The number of nitrogens with one attached hydrogen (secondary N) is 1. The zero-order chi connectivity index (χ0) is 17.9. The van der Waals surface area contributed by atoms with E-state index in [1.54, 1.807) is 12.3 Å². The summed E-state index contributed by atoms with van der Waals surface area (Å²) in [5.74, 6) is 0.314. The predicted molar refractivity (Wildman–Crippen MR) is 104 cm³/mol. The predicted octanol–water partition coefficient (Wildman–Crippen LogP) is 3.94. The van der Waals surface area contributed by atoms with Crippen molar-refractivity contribution in [2.45, 2.75) is 25.2 Å². The number of carbonyl (C=O) groups excluding carboxylic acids is 1. The van der Waals surface area contributed by atoms with Crippen molar-refractivity contribution in [1.29, 1.82) is 0 Å². The van der Waals surface area contributed by atoms with Gasteiger partial charge in [0.1, 0.15) is 5.56 Å². The quantitative estimate of drug-likeness (QED) is 0.764. The SMILES string of the molecule is O=C(c1c[nH]c2ccccc2c1=O)N1CCC[C@@H](c2ccccc2)CC1. The highest BCUT2D eigenvalue weighted by atomic mass is 16.2. The van der Waals surface area contributed by atoms with E-state index >= 15 is 0 Å². The summed E-state index contributed by atoms with van der Waals surface area (Å²) in [6, 6.07) is 17.8. The molecule has 1 aliphatic rings. The van der Waals surface area contributed by atoms with Gasteiger partial charge >= 0.3 is 0 Å². The van der Waals surface area contributed by atoms with Crippen molar-refractivity contribution in [1.82, 2.24) is 9.88 Å². The molecule has 0 spiro atoms. The molecular weight excluding hydrogens is 324 g/mol. The van der Waals surface area contributed by atoms with Crippen molar-refractivity contribution >= 4 is 16.8 Å². The van der Waals surface area contributed by atoms with Gasteiger partial charge in [-0.25, -0.2) is 0 Å². The molecule has 4 heteroatoms. The van der Waals surface area contributed by atoms with Crippen molar-refractivity contribution < 1.29 is 4.79 Å². The van der Waals surface area contributed by atoms with Crippen molar-refractivity contribution in [2.24, 2.45) is 0 Å². The molecule has 0 unspecified atom stereocenters. The van der Waals surface area contributed by atoms with Crippen LogP contribution in [0, 0.1) is 0 Å². The second-order valence-corrected chi connectivity index (χ2v) is 6.91. The molecule has 0 aliphatic carbocycles. The van der Waals surface area contributed by atoms with Crippen LogP contribution in [0.15, 0.2) is 65.6 Å². The maximum atomic E-state index is 13.0. The molecule has 2 heterocycles. The molecule has 1 atom stereocenters. The topological polar surface area (TPSA) is 53.2 Å². The van der Waals surface area contributed by atoms with E-state index in [1.165, 1.54) is 5.56 Å². The van der Waals surface area contributed by atoms with Crippen molar-refractivity contribution in [2.75, 3.05) is 13.1 Å². The van der Waals surface area contributed by atoms with Gasteiger partial charge in [-0.2, -0.15) is 0 Å². The van der Waals surface area contributed by atoms with E-state index in [9.17, 15) is 9.59 Å². The van der Waals surface area contributed by atoms with Gasteiger partial charge in [-0.3, -0.25) is 9.59 Å². The number of fused-ring (bicyclic) bond motifs is 1. The highest BCUT2D eigenvalue weighted by Crippen LogP contribution is 2.28. The number of likely N-dealkylation sites (tertiary alicyclic amines) is 1. The summed E-state index contributed by atoms with van der Waals surface area (Å²) in [7, 11) is 0. The Bertz CT molecular complexity index is 978. The summed E-state index contributed by atoms with van der Waals surface area (Å²) in [6.07, 6.45) is 4.52. The fourth-order valence-corrected chi connectivity index (χ4v) is 3.85. The number of para-hydroxylation sites is 1. The molecule has 1 aromatic heterocycles. The van der Waals surface area contributed by atoms with Crippen LogP contribution in [0.25, 0.3) is 10.9 Å². The van der Waals surface area contributed by atoms with Crippen LogP contribution in [-0.4, -0.2) is 28.9 Å². The van der Waals surface area contributed by atoms with Gasteiger partial charge in [0.15, 0.2) is 0 Å². The Morgan fingerprint density at radius 2 is 1.73 bits per heavy atom. The van der Waals surface area contributed by atoms with Crippen molar-refractivity contribution in [3.05, 3.63) is 82.1 Å². The van der Waals surface area contributed by atoms with Gasteiger partial charge in [0.2, 0.25) is 5.43 Å². The molecule has 2 aromatic carbocycles. The van der Waals surface area contributed by atoms with E-state index in [4.69, 9.17) is 0 Å². The molecule has 0 radical (unpaired) electrons. The maximum absolute atomic E-state index is 13.0. The van der Waals surface area contributed by atoms with Gasteiger partial charge in [-0.15, -0.1) is 0 Å². The number of H-pyrrole nitrogens is 1. The molecule has 1 amide bonds. The monoisotopic (exact) mass is 346 g/mol. The minimum absolute atomic E-state index is 0.161. The number of aromatic nitrogens is 1. The largest absolute Gasteiger partial charge is 0.360 e. The van der Waals surface area contributed by atoms with Gasteiger partial charge in [0.25, 0.3) is 5.91 Å². The van der Waals surface area contributed by atoms with Crippen molar-refractivity contribution in [3.63, 3.8) is 0 Å². The van der Waals surface area contributed by atoms with Gasteiger partial charge < -0.3 is 9.88 Å². The standard InChI is InChI=1S/C22H22N2O2/c25-21-18-10-4-5-11-20(18)23-15-19(21)22(26)24-13-6-9-17(12-14-24)16-7-2-1-3-8-16/h1-5,7-8,10-11,15,17H,6,9,12-14H2,(H,23,25)/t17-/m1/s1. The number of pyridine rings is 1. The van der Waals surface area contributed by atoms with Crippen molar-refractivity contribution in [3.8, 4) is 0 Å². The maximum Gasteiger partial charge on any atom is 0.259 e. The third-order valence-corrected chi connectivity index (χ3v) is 5.31. The lowest BCUT2D eigenvalue weighted by molar-refractivity contribution is 0.0759. The first-order chi connectivity index (χ1) is 12.7. The highest BCUT2D eigenvalue weighted by Gasteiger charge is 2.24. The summed E-state index contributed by atoms with van der Waals surface area (Å²) >= 11 is 0. The molecule has 0 bridgehead atoms. The third kappa shape index (κ3) is 3.15. The third-order valence-electron chi connectivity index (χ3n) is 5.31. The van der Waals surface area contributed by atoms with Gasteiger partial charge in [0, 0.05) is 30.2 Å². The minimum atomic E-state index is -0.187. The number of aromatic amines is 1. The molecule has 0 saturated carbocycles. The molecule has 1 fully saturated rings. The van der Waals surface area contributed by atoms with E-state index < -0.39 is 0 Å². The highest BCUT2D eigenvalue weighted by molar-refractivity contribution is 5.97. The number of rotatable bonds is 2. The van der Waals surface area contributed by atoms with E-state index in [-0.39, 0.29) is 16.9 Å². The normalized spacial score (nSPS) is 17.8. The Labute approximate surface area is 152 Å². The van der Waals surface area contributed by atoms with E-state index in [1.807, 2.05) is 29.2 Å². The molecule has 26 heavy (non-hydrogen) atoms. The Balaban J connectivity index is 1.56. The Morgan fingerprint density at radius 1 is 0.962 bits per heavy atom. The van der Waals surface area contributed by atoms with Crippen LogP contribution < -0.4 is 5.43 Å². The number of hydrogen-bond acceptors (Lipinski definition) is 2. The lowest BCUT2D eigenvalue weighted by Gasteiger charge is -2.20. The first-order valence-electron chi connectivity index (χ1n) is 9.18. The molecule has 4 rings (SSSR count). The van der Waals surface area contributed by atoms with Gasteiger partial charge in [0.05, 0.1) is 0 Å². The lowest BCUT2D eigenvalue weighted by Crippen LogP contribution is -2.35. The van der Waals surface area contributed by atoms with Crippen LogP contribution in [0.3, 0.4) is 0 Å². The van der Waals surface area contributed by atoms with E-state index in [0.29, 0.717) is 24.4 Å². The molecule has 1 N–H and O–H groups in total. The zero-order valence-corrected chi connectivity index (χ0v) is 14.7. The van der Waals surface area contributed by atoms with Crippen LogP contribution in [0.5, 0.6) is 0 Å². The molecule has 1 saturated heterocycles. The van der Waals surface area contributed by atoms with Gasteiger partial charge in [-0.1, -0.05) is 42.5 Å². The molecule has 1 aliphatic heterocycles. The van der Waals surface area contributed by atoms with Crippen LogP contribution in [0.2, 0.25) is 0 Å². The fourth-order valence-electron chi connectivity index (χ4n) is 3.85. The summed E-state index contributed by atoms with van der Waals surface area (Å²) in [5.41, 5.74) is 2.15. The minimum Gasteiger partial charge on any atom is -0.360 e. The summed E-state index contributed by atoms with van der Waals surface area (Å²) in [6.45, 7) is 1.39.